The van der Waals surface area contributed by atoms with Crippen LogP contribution in [-0.2, 0) is 17.8 Å². The van der Waals surface area contributed by atoms with Gasteiger partial charge in [-0.1, -0.05) is 26.2 Å². The van der Waals surface area contributed by atoms with Crippen molar-refractivity contribution in [2.24, 2.45) is 0 Å². The number of hydrogen-bond donors (Lipinski definition) is 2. The molecule has 20 heavy (non-hydrogen) atoms. The van der Waals surface area contributed by atoms with Crippen LogP contribution >= 0.6 is 0 Å². The molecule has 2 N–H and O–H groups in total. The average molecular weight is 278 g/mol. The standard InChI is InChI=1S/C15H22N2O3/c1-2-5-13-12(15(19)20)8-9-17(13)10-14(18)16-11-6-3-4-7-11/h8-9,11H,2-7,10H2,1H3,(H,16,18)(H,19,20). The van der Waals surface area contributed by atoms with Crippen LogP contribution in [0.25, 0.3) is 0 Å². The topological polar surface area (TPSA) is 71.3 Å². The van der Waals surface area contributed by atoms with Gasteiger partial charge < -0.3 is 15.0 Å². The van der Waals surface area contributed by atoms with Crippen molar-refractivity contribution in [1.29, 1.82) is 0 Å². The third kappa shape index (κ3) is 3.40. The van der Waals surface area contributed by atoms with Crippen LogP contribution in [0.1, 0.15) is 55.1 Å². The molecule has 0 bridgehead atoms. The smallest absolute Gasteiger partial charge is 0.337 e. The lowest BCUT2D eigenvalue weighted by Crippen LogP contribution is -2.35. The van der Waals surface area contributed by atoms with E-state index in [1.165, 1.54) is 12.8 Å². The summed E-state index contributed by atoms with van der Waals surface area (Å²) >= 11 is 0. The predicted molar refractivity (Wildman–Crippen MR) is 75.8 cm³/mol. The van der Waals surface area contributed by atoms with Crippen LogP contribution in [0, 0.1) is 0 Å². The first-order valence-electron chi connectivity index (χ1n) is 7.32. The van der Waals surface area contributed by atoms with E-state index in [1.54, 1.807) is 16.8 Å². The molecule has 1 heterocycles. The molecule has 1 amide bonds. The van der Waals surface area contributed by atoms with Gasteiger partial charge in [-0.05, 0) is 25.3 Å². The molecule has 0 spiro atoms. The second kappa shape index (κ2) is 6.59. The highest BCUT2D eigenvalue weighted by Gasteiger charge is 2.19. The quantitative estimate of drug-likeness (QED) is 0.838. The molecule has 0 aromatic carbocycles. The second-order valence-corrected chi connectivity index (χ2v) is 5.41. The minimum Gasteiger partial charge on any atom is -0.478 e. The maximum absolute atomic E-state index is 12.0. The molecular formula is C15H22N2O3. The van der Waals surface area contributed by atoms with Gasteiger partial charge in [0.05, 0.1) is 5.56 Å². The summed E-state index contributed by atoms with van der Waals surface area (Å²) in [6, 6.07) is 1.88. The van der Waals surface area contributed by atoms with Crippen molar-refractivity contribution in [3.05, 3.63) is 23.5 Å². The molecule has 0 aliphatic heterocycles. The molecule has 5 heteroatoms. The monoisotopic (exact) mass is 278 g/mol. The molecule has 1 fully saturated rings. The van der Waals surface area contributed by atoms with Crippen LogP contribution in [-0.4, -0.2) is 27.6 Å². The van der Waals surface area contributed by atoms with Crippen molar-refractivity contribution in [1.82, 2.24) is 9.88 Å². The van der Waals surface area contributed by atoms with Gasteiger partial charge in [0.1, 0.15) is 6.54 Å². The third-order valence-electron chi connectivity index (χ3n) is 3.83. The van der Waals surface area contributed by atoms with Gasteiger partial charge in [0.15, 0.2) is 0 Å². The van der Waals surface area contributed by atoms with E-state index in [1.807, 2.05) is 6.92 Å². The number of amides is 1. The minimum absolute atomic E-state index is 0.0261. The van der Waals surface area contributed by atoms with E-state index in [0.717, 1.165) is 25.0 Å². The van der Waals surface area contributed by atoms with E-state index < -0.39 is 5.97 Å². The molecule has 1 aromatic rings. The van der Waals surface area contributed by atoms with Crippen molar-refractivity contribution in [2.45, 2.75) is 58.0 Å². The van der Waals surface area contributed by atoms with Gasteiger partial charge >= 0.3 is 5.97 Å². The Balaban J connectivity index is 2.04. The molecule has 0 saturated heterocycles. The summed E-state index contributed by atoms with van der Waals surface area (Å²) in [5, 5.41) is 12.2. The van der Waals surface area contributed by atoms with Gasteiger partial charge in [-0.3, -0.25) is 4.79 Å². The molecule has 0 radical (unpaired) electrons. The highest BCUT2D eigenvalue weighted by Crippen LogP contribution is 2.18. The number of carboxylic acids is 1. The fourth-order valence-corrected chi connectivity index (χ4v) is 2.86. The Hall–Kier alpha value is -1.78. The van der Waals surface area contributed by atoms with Gasteiger partial charge in [0.2, 0.25) is 5.91 Å². The zero-order valence-corrected chi connectivity index (χ0v) is 11.9. The third-order valence-corrected chi connectivity index (χ3v) is 3.83. The number of nitrogens with one attached hydrogen (secondary N) is 1. The number of rotatable bonds is 6. The van der Waals surface area contributed by atoms with Crippen molar-refractivity contribution >= 4 is 11.9 Å². The molecule has 110 valence electrons. The SMILES string of the molecule is CCCc1c(C(=O)O)ccn1CC(=O)NC1CCCC1. The lowest BCUT2D eigenvalue weighted by molar-refractivity contribution is -0.122. The molecular weight excluding hydrogens is 256 g/mol. The molecule has 5 nitrogen and oxygen atoms in total. The summed E-state index contributed by atoms with van der Waals surface area (Å²) in [5.41, 5.74) is 1.04. The van der Waals surface area contributed by atoms with E-state index >= 15 is 0 Å². The number of nitrogens with zero attached hydrogens (tertiary/aromatic N) is 1. The largest absolute Gasteiger partial charge is 0.478 e. The van der Waals surface area contributed by atoms with Gasteiger partial charge in [-0.15, -0.1) is 0 Å². The summed E-state index contributed by atoms with van der Waals surface area (Å²) in [7, 11) is 0. The van der Waals surface area contributed by atoms with Crippen molar-refractivity contribution < 1.29 is 14.7 Å². The van der Waals surface area contributed by atoms with E-state index in [4.69, 9.17) is 5.11 Å². The molecule has 1 saturated carbocycles. The number of aromatic nitrogens is 1. The Morgan fingerprint density at radius 2 is 2.10 bits per heavy atom. The van der Waals surface area contributed by atoms with Gasteiger partial charge in [0, 0.05) is 17.9 Å². The van der Waals surface area contributed by atoms with Crippen molar-refractivity contribution in [3.63, 3.8) is 0 Å². The number of carboxylic acid groups (broad SMARTS) is 1. The Kier molecular flexibility index (Phi) is 4.82. The van der Waals surface area contributed by atoms with Crippen LogP contribution in [0.5, 0.6) is 0 Å². The zero-order valence-electron chi connectivity index (χ0n) is 11.9. The van der Waals surface area contributed by atoms with E-state index in [9.17, 15) is 9.59 Å². The summed E-state index contributed by atoms with van der Waals surface area (Å²) in [4.78, 5) is 23.2. The molecule has 1 aromatic heterocycles. The second-order valence-electron chi connectivity index (χ2n) is 5.41. The normalized spacial score (nSPS) is 15.4. The fourth-order valence-electron chi connectivity index (χ4n) is 2.86. The van der Waals surface area contributed by atoms with E-state index in [2.05, 4.69) is 5.32 Å². The lowest BCUT2D eigenvalue weighted by Gasteiger charge is -2.14. The molecule has 0 atom stereocenters. The molecule has 2 rings (SSSR count). The first kappa shape index (κ1) is 14.6. The molecule has 0 unspecified atom stereocenters. The van der Waals surface area contributed by atoms with Crippen LogP contribution in [0.2, 0.25) is 0 Å². The Labute approximate surface area is 119 Å². The summed E-state index contributed by atoms with van der Waals surface area (Å²) in [6.45, 7) is 2.21. The molecule has 1 aliphatic carbocycles. The Morgan fingerprint density at radius 3 is 2.70 bits per heavy atom. The summed E-state index contributed by atoms with van der Waals surface area (Å²) in [5.74, 6) is -0.954. The van der Waals surface area contributed by atoms with Crippen LogP contribution in [0.3, 0.4) is 0 Å². The summed E-state index contributed by atoms with van der Waals surface area (Å²) < 4.78 is 1.76. The van der Waals surface area contributed by atoms with Crippen LogP contribution in [0.4, 0.5) is 0 Å². The number of hydrogen-bond acceptors (Lipinski definition) is 2. The van der Waals surface area contributed by atoms with Gasteiger partial charge in [0.25, 0.3) is 0 Å². The number of carbonyl (C=O) groups excluding carboxylic acids is 1. The lowest BCUT2D eigenvalue weighted by atomic mass is 10.1. The minimum atomic E-state index is -0.927. The van der Waals surface area contributed by atoms with Gasteiger partial charge in [-0.25, -0.2) is 4.79 Å². The number of aromatic carboxylic acids is 1. The highest BCUT2D eigenvalue weighted by atomic mass is 16.4. The summed E-state index contributed by atoms with van der Waals surface area (Å²) in [6.07, 6.45) is 7.69. The maximum atomic E-state index is 12.0. The van der Waals surface area contributed by atoms with Crippen LogP contribution < -0.4 is 5.32 Å². The first-order chi connectivity index (χ1) is 9.61. The Morgan fingerprint density at radius 1 is 1.40 bits per heavy atom. The van der Waals surface area contributed by atoms with Gasteiger partial charge in [-0.2, -0.15) is 0 Å². The first-order valence-corrected chi connectivity index (χ1v) is 7.32. The van der Waals surface area contributed by atoms with Crippen LogP contribution in [0.15, 0.2) is 12.3 Å². The average Bonchev–Trinajstić information content (AvgIpc) is 3.00. The zero-order chi connectivity index (χ0) is 14.5. The predicted octanol–water partition coefficient (Wildman–Crippen LogP) is 2.20. The maximum Gasteiger partial charge on any atom is 0.337 e. The van der Waals surface area contributed by atoms with E-state index in [-0.39, 0.29) is 12.5 Å². The Bertz CT molecular complexity index is 487. The van der Waals surface area contributed by atoms with E-state index in [0.29, 0.717) is 18.0 Å². The highest BCUT2D eigenvalue weighted by molar-refractivity contribution is 5.89. The van der Waals surface area contributed by atoms with Crippen molar-refractivity contribution in [2.75, 3.05) is 0 Å². The fraction of sp³-hybridized carbons (Fsp3) is 0.600. The van der Waals surface area contributed by atoms with Crippen molar-refractivity contribution in [3.8, 4) is 0 Å². The molecule has 1 aliphatic rings. The number of carbonyl (C=O) groups is 2.